The molecule has 3 rings (SSSR count). The standard InChI is InChI=1S/C17H22N2O4/c1-10-6-17(19-5-4-13(20)14(21)9-19)18-12-8-16(23-3)15(22-2)7-11(10)12/h6-8,13-14,20-21H,4-5,9H2,1-3H3/t13-,14+/m0/s1. The Morgan fingerprint density at radius 1 is 1.09 bits per heavy atom. The van der Waals surface area contributed by atoms with E-state index in [0.29, 0.717) is 31.0 Å². The zero-order valence-electron chi connectivity index (χ0n) is 13.6. The van der Waals surface area contributed by atoms with Gasteiger partial charge in [0, 0.05) is 24.5 Å². The molecule has 1 aliphatic heterocycles. The molecule has 0 bridgehead atoms. The van der Waals surface area contributed by atoms with Gasteiger partial charge in [-0.15, -0.1) is 0 Å². The number of aliphatic hydroxyl groups excluding tert-OH is 2. The molecule has 0 amide bonds. The van der Waals surface area contributed by atoms with E-state index in [0.717, 1.165) is 22.3 Å². The van der Waals surface area contributed by atoms with Crippen molar-refractivity contribution in [1.29, 1.82) is 0 Å². The number of pyridine rings is 1. The monoisotopic (exact) mass is 318 g/mol. The molecule has 0 aliphatic carbocycles. The maximum Gasteiger partial charge on any atom is 0.162 e. The number of ether oxygens (including phenoxy) is 2. The fraction of sp³-hybridized carbons (Fsp3) is 0.471. The molecule has 2 atom stereocenters. The predicted molar refractivity (Wildman–Crippen MR) is 88.4 cm³/mol. The number of hydrogen-bond acceptors (Lipinski definition) is 6. The number of fused-ring (bicyclic) bond motifs is 1. The van der Waals surface area contributed by atoms with Crippen LogP contribution in [-0.2, 0) is 0 Å². The topological polar surface area (TPSA) is 75.1 Å². The predicted octanol–water partition coefficient (Wildman–Crippen LogP) is 1.49. The Kier molecular flexibility index (Phi) is 4.28. The van der Waals surface area contributed by atoms with Gasteiger partial charge in [-0.2, -0.15) is 0 Å². The lowest BCUT2D eigenvalue weighted by Gasteiger charge is -2.34. The normalized spacial score (nSPS) is 21.5. The average molecular weight is 318 g/mol. The van der Waals surface area contributed by atoms with Gasteiger partial charge in [0.25, 0.3) is 0 Å². The van der Waals surface area contributed by atoms with Crippen LogP contribution in [0.1, 0.15) is 12.0 Å². The first-order chi connectivity index (χ1) is 11.0. The lowest BCUT2D eigenvalue weighted by molar-refractivity contribution is 0.00787. The molecule has 2 N–H and O–H groups in total. The first-order valence-electron chi connectivity index (χ1n) is 7.68. The van der Waals surface area contributed by atoms with Gasteiger partial charge in [0.1, 0.15) is 5.82 Å². The minimum Gasteiger partial charge on any atom is -0.493 e. The molecule has 0 spiro atoms. The Labute approximate surface area is 135 Å². The molecule has 2 heterocycles. The van der Waals surface area contributed by atoms with Crippen molar-refractivity contribution >= 4 is 16.7 Å². The molecule has 0 saturated carbocycles. The van der Waals surface area contributed by atoms with Gasteiger partial charge in [-0.25, -0.2) is 4.98 Å². The molecule has 23 heavy (non-hydrogen) atoms. The fourth-order valence-corrected chi connectivity index (χ4v) is 2.99. The second-order valence-electron chi connectivity index (χ2n) is 5.89. The van der Waals surface area contributed by atoms with E-state index in [4.69, 9.17) is 14.5 Å². The summed E-state index contributed by atoms with van der Waals surface area (Å²) in [5.41, 5.74) is 1.89. The lowest BCUT2D eigenvalue weighted by atomic mass is 10.0. The number of aromatic nitrogens is 1. The zero-order chi connectivity index (χ0) is 16.6. The van der Waals surface area contributed by atoms with Crippen LogP contribution in [0.3, 0.4) is 0 Å². The summed E-state index contributed by atoms with van der Waals surface area (Å²) in [5.74, 6) is 2.11. The van der Waals surface area contributed by atoms with Crippen LogP contribution in [0.4, 0.5) is 5.82 Å². The van der Waals surface area contributed by atoms with E-state index in [2.05, 4.69) is 0 Å². The summed E-state index contributed by atoms with van der Waals surface area (Å²) in [6, 6.07) is 5.79. The average Bonchev–Trinajstić information content (AvgIpc) is 2.56. The number of aliphatic hydroxyl groups is 2. The highest BCUT2D eigenvalue weighted by molar-refractivity contribution is 5.87. The lowest BCUT2D eigenvalue weighted by Crippen LogP contribution is -2.47. The molecule has 1 aliphatic rings. The Morgan fingerprint density at radius 2 is 1.78 bits per heavy atom. The van der Waals surface area contributed by atoms with Crippen LogP contribution in [0.25, 0.3) is 10.9 Å². The molecular weight excluding hydrogens is 296 g/mol. The minimum absolute atomic E-state index is 0.381. The van der Waals surface area contributed by atoms with Crippen molar-refractivity contribution in [1.82, 2.24) is 4.98 Å². The summed E-state index contributed by atoms with van der Waals surface area (Å²) in [4.78, 5) is 6.70. The Bertz CT molecular complexity index is 719. The van der Waals surface area contributed by atoms with E-state index < -0.39 is 12.2 Å². The molecule has 6 nitrogen and oxygen atoms in total. The summed E-state index contributed by atoms with van der Waals surface area (Å²) in [6.07, 6.45) is -0.865. The van der Waals surface area contributed by atoms with Crippen LogP contribution in [0.5, 0.6) is 11.5 Å². The largest absolute Gasteiger partial charge is 0.493 e. The van der Waals surface area contributed by atoms with Gasteiger partial charge in [0.2, 0.25) is 0 Å². The summed E-state index contributed by atoms with van der Waals surface area (Å²) < 4.78 is 10.7. The molecule has 1 aromatic heterocycles. The Balaban J connectivity index is 2.03. The summed E-state index contributed by atoms with van der Waals surface area (Å²) >= 11 is 0. The number of nitrogens with zero attached hydrogens (tertiary/aromatic N) is 2. The number of β-amino-alcohol motifs (C(OH)–C–C–N with tert-alkyl or cyclic N) is 1. The molecular formula is C17H22N2O4. The molecule has 1 aromatic carbocycles. The second-order valence-corrected chi connectivity index (χ2v) is 5.89. The van der Waals surface area contributed by atoms with Crippen molar-refractivity contribution in [3.8, 4) is 11.5 Å². The van der Waals surface area contributed by atoms with Gasteiger partial charge in [-0.3, -0.25) is 0 Å². The van der Waals surface area contributed by atoms with Crippen LogP contribution in [0, 0.1) is 6.92 Å². The number of methoxy groups -OCH3 is 2. The Morgan fingerprint density at radius 3 is 2.43 bits per heavy atom. The van der Waals surface area contributed by atoms with Crippen LogP contribution in [0.15, 0.2) is 18.2 Å². The molecule has 1 saturated heterocycles. The smallest absolute Gasteiger partial charge is 0.162 e. The summed E-state index contributed by atoms with van der Waals surface area (Å²) in [6.45, 7) is 3.07. The van der Waals surface area contributed by atoms with E-state index in [1.807, 2.05) is 30.0 Å². The van der Waals surface area contributed by atoms with E-state index in [9.17, 15) is 10.2 Å². The number of rotatable bonds is 3. The first-order valence-corrected chi connectivity index (χ1v) is 7.68. The third-order valence-electron chi connectivity index (χ3n) is 4.38. The number of anilines is 1. The maximum absolute atomic E-state index is 9.89. The van der Waals surface area contributed by atoms with E-state index in [-0.39, 0.29) is 0 Å². The molecule has 0 radical (unpaired) electrons. The first kappa shape index (κ1) is 15.8. The van der Waals surface area contributed by atoms with Crippen LogP contribution >= 0.6 is 0 Å². The number of hydrogen-bond donors (Lipinski definition) is 2. The van der Waals surface area contributed by atoms with Gasteiger partial charge in [0.05, 0.1) is 31.9 Å². The van der Waals surface area contributed by atoms with E-state index in [1.54, 1.807) is 14.2 Å². The third kappa shape index (κ3) is 2.92. The number of aryl methyl sites for hydroxylation is 1. The number of piperidine rings is 1. The quantitative estimate of drug-likeness (QED) is 0.893. The minimum atomic E-state index is -0.744. The second kappa shape index (κ2) is 6.22. The van der Waals surface area contributed by atoms with Crippen molar-refractivity contribution in [3.05, 3.63) is 23.8 Å². The van der Waals surface area contributed by atoms with Crippen LogP contribution in [0.2, 0.25) is 0 Å². The van der Waals surface area contributed by atoms with Gasteiger partial charge in [-0.05, 0) is 31.0 Å². The molecule has 2 aromatic rings. The van der Waals surface area contributed by atoms with Gasteiger partial charge in [-0.1, -0.05) is 0 Å². The summed E-state index contributed by atoms with van der Waals surface area (Å²) in [7, 11) is 3.21. The zero-order valence-corrected chi connectivity index (χ0v) is 13.6. The summed E-state index contributed by atoms with van der Waals surface area (Å²) in [5, 5.41) is 20.6. The fourth-order valence-electron chi connectivity index (χ4n) is 2.99. The van der Waals surface area contributed by atoms with Crippen molar-refractivity contribution in [2.75, 3.05) is 32.2 Å². The highest BCUT2D eigenvalue weighted by atomic mass is 16.5. The van der Waals surface area contributed by atoms with Crippen LogP contribution < -0.4 is 14.4 Å². The molecule has 6 heteroatoms. The van der Waals surface area contributed by atoms with Crippen molar-refractivity contribution < 1.29 is 19.7 Å². The van der Waals surface area contributed by atoms with Crippen molar-refractivity contribution in [3.63, 3.8) is 0 Å². The Hall–Kier alpha value is -2.05. The van der Waals surface area contributed by atoms with E-state index >= 15 is 0 Å². The van der Waals surface area contributed by atoms with Gasteiger partial charge in [0.15, 0.2) is 11.5 Å². The number of benzene rings is 1. The van der Waals surface area contributed by atoms with Crippen molar-refractivity contribution in [2.24, 2.45) is 0 Å². The SMILES string of the molecule is COc1cc2nc(N3CC[C@H](O)[C@H](O)C3)cc(C)c2cc1OC. The van der Waals surface area contributed by atoms with Crippen molar-refractivity contribution in [2.45, 2.75) is 25.6 Å². The molecule has 124 valence electrons. The third-order valence-corrected chi connectivity index (χ3v) is 4.38. The highest BCUT2D eigenvalue weighted by Gasteiger charge is 2.27. The van der Waals surface area contributed by atoms with Gasteiger partial charge >= 0.3 is 0 Å². The van der Waals surface area contributed by atoms with Gasteiger partial charge < -0.3 is 24.6 Å². The van der Waals surface area contributed by atoms with Crippen LogP contribution in [-0.4, -0.2) is 54.7 Å². The molecule has 1 fully saturated rings. The molecule has 0 unspecified atom stereocenters. The van der Waals surface area contributed by atoms with E-state index in [1.165, 1.54) is 0 Å². The maximum atomic E-state index is 9.89. The highest BCUT2D eigenvalue weighted by Crippen LogP contribution is 2.34.